The van der Waals surface area contributed by atoms with Gasteiger partial charge in [-0.05, 0) is 25.3 Å². The standard InChI is InChI=1S/C9H12S2/c1-8-3-5-9(6-4-8)11-7-10-2/h3-6H,7H2,1-2H3. The van der Waals surface area contributed by atoms with Gasteiger partial charge in [0.1, 0.15) is 0 Å². The van der Waals surface area contributed by atoms with Gasteiger partial charge in [0.15, 0.2) is 0 Å². The van der Waals surface area contributed by atoms with Crippen molar-refractivity contribution in [3.63, 3.8) is 0 Å². The zero-order valence-electron chi connectivity index (χ0n) is 6.83. The van der Waals surface area contributed by atoms with Gasteiger partial charge >= 0.3 is 0 Å². The minimum atomic E-state index is 1.14. The van der Waals surface area contributed by atoms with Crippen LogP contribution >= 0.6 is 23.5 Å². The Kier molecular flexibility index (Phi) is 3.87. The van der Waals surface area contributed by atoms with Gasteiger partial charge in [-0.1, -0.05) is 17.7 Å². The van der Waals surface area contributed by atoms with Gasteiger partial charge < -0.3 is 0 Å². The Bertz CT molecular complexity index is 203. The van der Waals surface area contributed by atoms with E-state index in [1.165, 1.54) is 10.5 Å². The summed E-state index contributed by atoms with van der Waals surface area (Å²) in [6.45, 7) is 2.11. The van der Waals surface area contributed by atoms with E-state index in [9.17, 15) is 0 Å². The topological polar surface area (TPSA) is 0 Å². The summed E-state index contributed by atoms with van der Waals surface area (Å²) in [5.41, 5.74) is 1.33. The number of hydrogen-bond acceptors (Lipinski definition) is 2. The molecular formula is C9H12S2. The lowest BCUT2D eigenvalue weighted by atomic mass is 10.2. The van der Waals surface area contributed by atoms with Gasteiger partial charge in [0.05, 0.1) is 0 Å². The summed E-state index contributed by atoms with van der Waals surface area (Å²) in [6.07, 6.45) is 2.13. The molecule has 1 aromatic rings. The molecule has 0 amide bonds. The summed E-state index contributed by atoms with van der Waals surface area (Å²) in [6, 6.07) is 8.66. The van der Waals surface area contributed by atoms with Gasteiger partial charge in [0, 0.05) is 9.98 Å². The van der Waals surface area contributed by atoms with Crippen molar-refractivity contribution in [2.45, 2.75) is 11.8 Å². The van der Waals surface area contributed by atoms with Crippen molar-refractivity contribution in [3.05, 3.63) is 29.8 Å². The lowest BCUT2D eigenvalue weighted by Crippen LogP contribution is -1.73. The first kappa shape index (κ1) is 9.01. The molecule has 0 radical (unpaired) electrons. The predicted molar refractivity (Wildman–Crippen MR) is 55.4 cm³/mol. The molecule has 0 aromatic heterocycles. The maximum absolute atomic E-state index is 2.18. The summed E-state index contributed by atoms with van der Waals surface area (Å²) in [7, 11) is 0. The van der Waals surface area contributed by atoms with E-state index >= 15 is 0 Å². The fourth-order valence-electron chi connectivity index (χ4n) is 0.761. The SMILES string of the molecule is CSCSc1ccc(C)cc1. The normalized spacial score (nSPS) is 10.0. The molecule has 2 heteroatoms. The van der Waals surface area contributed by atoms with Crippen LogP contribution in [0.2, 0.25) is 0 Å². The minimum absolute atomic E-state index is 1.14. The van der Waals surface area contributed by atoms with E-state index in [4.69, 9.17) is 0 Å². The average Bonchev–Trinajstić information content (AvgIpc) is 2.04. The third kappa shape index (κ3) is 3.21. The van der Waals surface area contributed by atoms with Crippen LogP contribution in [0.25, 0.3) is 0 Å². The third-order valence-corrected chi connectivity index (χ3v) is 3.38. The molecule has 0 unspecified atom stereocenters. The number of thioether (sulfide) groups is 2. The molecule has 0 aliphatic rings. The van der Waals surface area contributed by atoms with E-state index in [1.807, 2.05) is 23.5 Å². The minimum Gasteiger partial charge on any atom is -0.154 e. The van der Waals surface area contributed by atoms with Gasteiger partial charge in [0.2, 0.25) is 0 Å². The predicted octanol–water partition coefficient (Wildman–Crippen LogP) is 3.41. The molecule has 0 N–H and O–H groups in total. The van der Waals surface area contributed by atoms with Crippen LogP contribution in [0.4, 0.5) is 0 Å². The molecular weight excluding hydrogens is 172 g/mol. The molecule has 0 aliphatic heterocycles. The Labute approximate surface area is 76.8 Å². The van der Waals surface area contributed by atoms with Crippen molar-refractivity contribution in [2.24, 2.45) is 0 Å². The maximum Gasteiger partial charge on any atom is 0.0436 e. The molecule has 1 aromatic carbocycles. The van der Waals surface area contributed by atoms with Gasteiger partial charge in [-0.25, -0.2) is 0 Å². The second-order valence-corrected chi connectivity index (χ2v) is 4.64. The zero-order valence-corrected chi connectivity index (χ0v) is 8.47. The third-order valence-electron chi connectivity index (χ3n) is 1.36. The van der Waals surface area contributed by atoms with E-state index in [0.717, 1.165) is 5.08 Å². The second kappa shape index (κ2) is 4.73. The van der Waals surface area contributed by atoms with Gasteiger partial charge in [-0.3, -0.25) is 0 Å². The Morgan fingerprint density at radius 1 is 1.18 bits per heavy atom. The molecule has 0 fully saturated rings. The molecule has 0 heterocycles. The first-order valence-corrected chi connectivity index (χ1v) is 5.89. The summed E-state index contributed by atoms with van der Waals surface area (Å²) in [5, 5.41) is 1.14. The van der Waals surface area contributed by atoms with Crippen molar-refractivity contribution >= 4 is 23.5 Å². The monoisotopic (exact) mass is 184 g/mol. The highest BCUT2D eigenvalue weighted by atomic mass is 32.2. The highest BCUT2D eigenvalue weighted by Crippen LogP contribution is 2.21. The lowest BCUT2D eigenvalue weighted by Gasteiger charge is -1.98. The summed E-state index contributed by atoms with van der Waals surface area (Å²) < 4.78 is 0. The van der Waals surface area contributed by atoms with Crippen molar-refractivity contribution in [2.75, 3.05) is 11.3 Å². The zero-order chi connectivity index (χ0) is 8.10. The van der Waals surface area contributed by atoms with Crippen molar-refractivity contribution < 1.29 is 0 Å². The van der Waals surface area contributed by atoms with E-state index < -0.39 is 0 Å². The van der Waals surface area contributed by atoms with Crippen LogP contribution in [0.15, 0.2) is 29.2 Å². The van der Waals surface area contributed by atoms with Crippen LogP contribution < -0.4 is 0 Å². The number of rotatable bonds is 3. The quantitative estimate of drug-likeness (QED) is 0.521. The Hall–Kier alpha value is -0.0800. The number of benzene rings is 1. The van der Waals surface area contributed by atoms with E-state index in [2.05, 4.69) is 37.4 Å². The van der Waals surface area contributed by atoms with E-state index in [0.29, 0.717) is 0 Å². The highest BCUT2D eigenvalue weighted by molar-refractivity contribution is 8.15. The smallest absolute Gasteiger partial charge is 0.0436 e. The van der Waals surface area contributed by atoms with Crippen LogP contribution in [-0.4, -0.2) is 11.3 Å². The molecule has 0 atom stereocenters. The first-order chi connectivity index (χ1) is 5.33. The summed E-state index contributed by atoms with van der Waals surface area (Å²) in [5.74, 6) is 0. The van der Waals surface area contributed by atoms with Crippen LogP contribution in [-0.2, 0) is 0 Å². The van der Waals surface area contributed by atoms with E-state index in [-0.39, 0.29) is 0 Å². The van der Waals surface area contributed by atoms with Crippen LogP contribution in [0, 0.1) is 6.92 Å². The van der Waals surface area contributed by atoms with Gasteiger partial charge in [0.25, 0.3) is 0 Å². The maximum atomic E-state index is 2.18. The molecule has 0 spiro atoms. The van der Waals surface area contributed by atoms with Crippen molar-refractivity contribution in [1.82, 2.24) is 0 Å². The highest BCUT2D eigenvalue weighted by Gasteiger charge is 1.90. The average molecular weight is 184 g/mol. The Morgan fingerprint density at radius 3 is 2.36 bits per heavy atom. The number of aryl methyl sites for hydroxylation is 1. The molecule has 11 heavy (non-hydrogen) atoms. The summed E-state index contributed by atoms with van der Waals surface area (Å²) in [4.78, 5) is 1.37. The largest absolute Gasteiger partial charge is 0.154 e. The second-order valence-electron chi connectivity index (χ2n) is 2.36. The van der Waals surface area contributed by atoms with Gasteiger partial charge in [-0.2, -0.15) is 11.8 Å². The Morgan fingerprint density at radius 2 is 1.82 bits per heavy atom. The molecule has 60 valence electrons. The van der Waals surface area contributed by atoms with Crippen LogP contribution in [0.5, 0.6) is 0 Å². The molecule has 0 bridgehead atoms. The Balaban J connectivity index is 2.52. The molecule has 0 aliphatic carbocycles. The fourth-order valence-corrected chi connectivity index (χ4v) is 2.11. The van der Waals surface area contributed by atoms with Gasteiger partial charge in [-0.15, -0.1) is 11.8 Å². The van der Waals surface area contributed by atoms with Crippen molar-refractivity contribution in [1.29, 1.82) is 0 Å². The van der Waals surface area contributed by atoms with Crippen molar-refractivity contribution in [3.8, 4) is 0 Å². The lowest BCUT2D eigenvalue weighted by molar-refractivity contribution is 1.38. The summed E-state index contributed by atoms with van der Waals surface area (Å²) >= 11 is 3.76. The number of hydrogen-bond donors (Lipinski definition) is 0. The molecule has 1 rings (SSSR count). The van der Waals surface area contributed by atoms with Crippen LogP contribution in [0.3, 0.4) is 0 Å². The molecule has 0 saturated heterocycles. The first-order valence-electron chi connectivity index (χ1n) is 3.51. The van der Waals surface area contributed by atoms with Crippen LogP contribution in [0.1, 0.15) is 5.56 Å². The molecule has 0 nitrogen and oxygen atoms in total. The fraction of sp³-hybridized carbons (Fsp3) is 0.333. The van der Waals surface area contributed by atoms with E-state index in [1.54, 1.807) is 0 Å². The molecule has 0 saturated carbocycles.